The van der Waals surface area contributed by atoms with Crippen molar-refractivity contribution in [1.82, 2.24) is 14.7 Å². The molecule has 3 N–H and O–H groups in total. The Hall–Kier alpha value is -1.70. The summed E-state index contributed by atoms with van der Waals surface area (Å²) in [5.74, 6) is -0.391. The minimum absolute atomic E-state index is 0.00477. The first-order valence-electron chi connectivity index (χ1n) is 7.49. The van der Waals surface area contributed by atoms with Gasteiger partial charge in [0.25, 0.3) is 0 Å². The highest BCUT2D eigenvalue weighted by atomic mass is 79.9. The average molecular weight is 379 g/mol. The first-order chi connectivity index (χ1) is 11.1. The molecule has 2 unspecified atom stereocenters. The molecule has 1 amide bonds. The molecule has 122 valence electrons. The predicted octanol–water partition coefficient (Wildman–Crippen LogP) is 1.30. The molecule has 1 aliphatic heterocycles. The van der Waals surface area contributed by atoms with Gasteiger partial charge in [-0.1, -0.05) is 28.1 Å². The van der Waals surface area contributed by atoms with Crippen LogP contribution < -0.4 is 5.73 Å². The third kappa shape index (κ3) is 3.46. The second kappa shape index (κ2) is 6.82. The second-order valence-corrected chi connectivity index (χ2v) is 6.76. The second-order valence-electron chi connectivity index (χ2n) is 5.84. The fourth-order valence-corrected chi connectivity index (χ4v) is 3.53. The van der Waals surface area contributed by atoms with Crippen LogP contribution in [0.25, 0.3) is 0 Å². The van der Waals surface area contributed by atoms with Gasteiger partial charge in [0, 0.05) is 42.8 Å². The highest BCUT2D eigenvalue weighted by molar-refractivity contribution is 9.10. The lowest BCUT2D eigenvalue weighted by atomic mass is 10.0. The number of fused-ring (bicyclic) bond motifs is 1. The lowest BCUT2D eigenvalue weighted by molar-refractivity contribution is -0.124. The molecular formula is C16H19BrN4O2. The van der Waals surface area contributed by atoms with Crippen molar-refractivity contribution >= 4 is 21.8 Å². The summed E-state index contributed by atoms with van der Waals surface area (Å²) in [4.78, 5) is 14.2. The van der Waals surface area contributed by atoms with E-state index in [9.17, 15) is 9.90 Å². The Labute approximate surface area is 143 Å². The van der Waals surface area contributed by atoms with E-state index < -0.39 is 11.9 Å². The number of amides is 1. The van der Waals surface area contributed by atoms with Crippen LogP contribution in [-0.2, 0) is 17.9 Å². The van der Waals surface area contributed by atoms with Crippen LogP contribution in [0.2, 0.25) is 0 Å². The zero-order valence-electron chi connectivity index (χ0n) is 12.6. The monoisotopic (exact) mass is 378 g/mol. The van der Waals surface area contributed by atoms with Crippen LogP contribution in [0.1, 0.15) is 17.3 Å². The maximum Gasteiger partial charge on any atom is 0.239 e. The minimum atomic E-state index is -0.539. The number of halogens is 1. The quantitative estimate of drug-likeness (QED) is 0.839. The number of nitrogens with two attached hydrogens (primary N) is 1. The Bertz CT molecular complexity index is 703. The lowest BCUT2D eigenvalue weighted by Gasteiger charge is -2.30. The predicted molar refractivity (Wildman–Crippen MR) is 89.3 cm³/mol. The van der Waals surface area contributed by atoms with Crippen molar-refractivity contribution in [1.29, 1.82) is 0 Å². The molecule has 3 rings (SSSR count). The van der Waals surface area contributed by atoms with Crippen molar-refractivity contribution in [3.05, 3.63) is 52.3 Å². The molecule has 6 nitrogen and oxygen atoms in total. The molecule has 2 aromatic rings. The zero-order valence-corrected chi connectivity index (χ0v) is 14.2. The van der Waals surface area contributed by atoms with E-state index in [4.69, 9.17) is 5.73 Å². The molecule has 0 aliphatic carbocycles. The maximum absolute atomic E-state index is 12.1. The van der Waals surface area contributed by atoms with E-state index in [0.717, 1.165) is 15.7 Å². The molecule has 0 spiro atoms. The van der Waals surface area contributed by atoms with Crippen LogP contribution in [0.5, 0.6) is 0 Å². The van der Waals surface area contributed by atoms with E-state index in [1.165, 1.54) is 0 Å². The Morgan fingerprint density at radius 1 is 1.43 bits per heavy atom. The zero-order chi connectivity index (χ0) is 16.4. The standard InChI is InChI=1S/C16H19BrN4O2/c17-13-3-1-2-12(6-13)15(16(18)23)20-7-11(10-22)8-21-14(9-20)4-5-19-21/h1-6,11,15,22H,7-10H2,(H2,18,23). The minimum Gasteiger partial charge on any atom is -0.396 e. The number of nitrogens with zero attached hydrogens (tertiary/aromatic N) is 3. The number of carbonyl (C=O) groups is 1. The van der Waals surface area contributed by atoms with E-state index in [-0.39, 0.29) is 12.5 Å². The summed E-state index contributed by atoms with van der Waals surface area (Å²) < 4.78 is 2.79. The molecule has 2 heterocycles. The normalized spacial score (nSPS) is 19.8. The molecule has 2 atom stereocenters. The molecule has 0 saturated heterocycles. The highest BCUT2D eigenvalue weighted by Crippen LogP contribution is 2.28. The van der Waals surface area contributed by atoms with Crippen LogP contribution in [0.4, 0.5) is 0 Å². The van der Waals surface area contributed by atoms with Crippen molar-refractivity contribution in [2.75, 3.05) is 13.2 Å². The van der Waals surface area contributed by atoms with Crippen molar-refractivity contribution in [3.63, 3.8) is 0 Å². The van der Waals surface area contributed by atoms with E-state index in [2.05, 4.69) is 21.0 Å². The topological polar surface area (TPSA) is 84.4 Å². The average Bonchev–Trinajstić information content (AvgIpc) is 2.86. The molecular weight excluding hydrogens is 360 g/mol. The summed E-state index contributed by atoms with van der Waals surface area (Å²) in [5.41, 5.74) is 7.56. The number of aromatic nitrogens is 2. The number of rotatable bonds is 4. The summed E-state index contributed by atoms with van der Waals surface area (Å²) in [5, 5.41) is 13.9. The van der Waals surface area contributed by atoms with Crippen molar-refractivity contribution in [3.8, 4) is 0 Å². The number of benzene rings is 1. The van der Waals surface area contributed by atoms with Crippen LogP contribution in [0.15, 0.2) is 41.0 Å². The molecule has 0 bridgehead atoms. The van der Waals surface area contributed by atoms with Gasteiger partial charge in [-0.2, -0.15) is 5.10 Å². The van der Waals surface area contributed by atoms with E-state index in [1.54, 1.807) is 6.20 Å². The molecule has 0 fully saturated rings. The molecule has 0 radical (unpaired) electrons. The van der Waals surface area contributed by atoms with E-state index >= 15 is 0 Å². The van der Waals surface area contributed by atoms with Gasteiger partial charge in [0.05, 0.1) is 5.69 Å². The summed E-state index contributed by atoms with van der Waals surface area (Å²) >= 11 is 3.44. The molecule has 23 heavy (non-hydrogen) atoms. The Kier molecular flexibility index (Phi) is 4.79. The SMILES string of the molecule is NC(=O)C(c1cccc(Br)c1)N1Cc2ccnn2CC(CO)C1. The van der Waals surface area contributed by atoms with Gasteiger partial charge in [0.15, 0.2) is 0 Å². The Morgan fingerprint density at radius 2 is 2.26 bits per heavy atom. The highest BCUT2D eigenvalue weighted by Gasteiger charge is 2.31. The smallest absolute Gasteiger partial charge is 0.239 e. The summed E-state index contributed by atoms with van der Waals surface area (Å²) in [6.07, 6.45) is 1.74. The van der Waals surface area contributed by atoms with E-state index in [1.807, 2.05) is 39.9 Å². The van der Waals surface area contributed by atoms with Crippen LogP contribution in [0, 0.1) is 5.92 Å². The molecule has 7 heteroatoms. The maximum atomic E-state index is 12.1. The van der Waals surface area contributed by atoms with Gasteiger partial charge in [-0.15, -0.1) is 0 Å². The van der Waals surface area contributed by atoms with Gasteiger partial charge < -0.3 is 10.8 Å². The van der Waals surface area contributed by atoms with Crippen LogP contribution in [-0.4, -0.2) is 38.8 Å². The molecule has 0 saturated carbocycles. The van der Waals surface area contributed by atoms with Gasteiger partial charge in [-0.05, 0) is 23.8 Å². The number of aliphatic hydroxyl groups excluding tert-OH is 1. The first kappa shape index (κ1) is 16.2. The Balaban J connectivity index is 1.97. The largest absolute Gasteiger partial charge is 0.396 e. The fourth-order valence-electron chi connectivity index (χ4n) is 3.11. The number of aliphatic hydroxyl groups is 1. The lowest BCUT2D eigenvalue weighted by Crippen LogP contribution is -2.40. The molecule has 1 aromatic carbocycles. The summed E-state index contributed by atoms with van der Waals surface area (Å²) in [6, 6.07) is 9.01. The number of primary amides is 1. The van der Waals surface area contributed by atoms with Crippen LogP contribution >= 0.6 is 15.9 Å². The fraction of sp³-hybridized carbons (Fsp3) is 0.375. The van der Waals surface area contributed by atoms with E-state index in [0.29, 0.717) is 19.6 Å². The summed E-state index contributed by atoms with van der Waals surface area (Å²) in [6.45, 7) is 1.83. The Morgan fingerprint density at radius 3 is 2.96 bits per heavy atom. The number of hydrogen-bond acceptors (Lipinski definition) is 4. The summed E-state index contributed by atoms with van der Waals surface area (Å²) in [7, 11) is 0. The number of carbonyl (C=O) groups excluding carboxylic acids is 1. The van der Waals surface area contributed by atoms with Crippen molar-refractivity contribution < 1.29 is 9.90 Å². The molecule has 1 aliphatic rings. The third-order valence-corrected chi connectivity index (χ3v) is 4.64. The van der Waals surface area contributed by atoms with Crippen molar-refractivity contribution in [2.45, 2.75) is 19.1 Å². The van der Waals surface area contributed by atoms with Gasteiger partial charge in [0.1, 0.15) is 6.04 Å². The van der Waals surface area contributed by atoms with Gasteiger partial charge in [-0.25, -0.2) is 0 Å². The van der Waals surface area contributed by atoms with Gasteiger partial charge >= 0.3 is 0 Å². The van der Waals surface area contributed by atoms with Crippen LogP contribution in [0.3, 0.4) is 0 Å². The van der Waals surface area contributed by atoms with Gasteiger partial charge in [-0.3, -0.25) is 14.4 Å². The first-order valence-corrected chi connectivity index (χ1v) is 8.28. The third-order valence-electron chi connectivity index (χ3n) is 4.15. The van der Waals surface area contributed by atoms with Crippen molar-refractivity contribution in [2.24, 2.45) is 11.7 Å². The molecule has 1 aromatic heterocycles. The number of hydrogen-bond donors (Lipinski definition) is 2. The van der Waals surface area contributed by atoms with Gasteiger partial charge in [0.2, 0.25) is 5.91 Å².